The van der Waals surface area contributed by atoms with E-state index in [4.69, 9.17) is 4.74 Å². The molecule has 0 aliphatic rings. The molecule has 0 radical (unpaired) electrons. The molecule has 3 nitrogen and oxygen atoms in total. The summed E-state index contributed by atoms with van der Waals surface area (Å²) < 4.78 is 5.56. The molecule has 1 N–H and O–H groups in total. The molecule has 1 aromatic heterocycles. The van der Waals surface area contributed by atoms with Crippen LogP contribution in [0.2, 0.25) is 0 Å². The molecule has 21 heavy (non-hydrogen) atoms. The molecule has 1 heterocycles. The fraction of sp³-hybridized carbons (Fsp3) is 0.389. The molecule has 1 unspecified atom stereocenters. The highest BCUT2D eigenvalue weighted by atomic mass is 16.5. The molecule has 2 aromatic rings. The molecule has 0 saturated carbocycles. The monoisotopic (exact) mass is 284 g/mol. The maximum Gasteiger partial charge on any atom is 0.138 e. The molecular weight excluding hydrogens is 260 g/mol. The van der Waals surface area contributed by atoms with Gasteiger partial charge < -0.3 is 10.1 Å². The Kier molecular flexibility index (Phi) is 5.76. The number of ether oxygens (including phenoxy) is 1. The summed E-state index contributed by atoms with van der Waals surface area (Å²) in [6.45, 7) is 8.04. The van der Waals surface area contributed by atoms with E-state index >= 15 is 0 Å². The molecule has 0 spiro atoms. The predicted molar refractivity (Wildman–Crippen MR) is 87.6 cm³/mol. The van der Waals surface area contributed by atoms with Crippen LogP contribution in [0.25, 0.3) is 11.1 Å². The van der Waals surface area contributed by atoms with Crippen molar-refractivity contribution in [3.05, 3.63) is 48.3 Å². The Labute approximate surface area is 127 Å². The second-order valence-electron chi connectivity index (χ2n) is 5.11. The Hall–Kier alpha value is -1.87. The summed E-state index contributed by atoms with van der Waals surface area (Å²) in [6.07, 6.45) is 4.79. The number of nitrogens with one attached hydrogen (secondary N) is 1. The summed E-state index contributed by atoms with van der Waals surface area (Å²) in [5.74, 6) is 0.818. The Morgan fingerprint density at radius 1 is 1.19 bits per heavy atom. The molecule has 0 amide bonds. The first-order chi connectivity index (χ1) is 10.3. The standard InChI is InChI=1S/C18H24N2O/c1-4-10-20-14(3)17-8-6-7-9-18(17)15-11-16(21-5-2)13-19-12-15/h6-9,11-14,20H,4-5,10H2,1-3H3. The van der Waals surface area contributed by atoms with Crippen molar-refractivity contribution in [3.8, 4) is 16.9 Å². The van der Waals surface area contributed by atoms with Crippen molar-refractivity contribution in [2.75, 3.05) is 13.2 Å². The van der Waals surface area contributed by atoms with Crippen LogP contribution in [0.4, 0.5) is 0 Å². The fourth-order valence-corrected chi connectivity index (χ4v) is 2.42. The van der Waals surface area contributed by atoms with Gasteiger partial charge in [0.2, 0.25) is 0 Å². The number of hydrogen-bond donors (Lipinski definition) is 1. The Morgan fingerprint density at radius 2 is 2.00 bits per heavy atom. The highest BCUT2D eigenvalue weighted by Gasteiger charge is 2.11. The Bertz CT molecular complexity index is 569. The van der Waals surface area contributed by atoms with Crippen LogP contribution in [0.15, 0.2) is 42.7 Å². The SMILES string of the molecule is CCCNC(C)c1ccccc1-c1cncc(OCC)c1. The average Bonchev–Trinajstić information content (AvgIpc) is 2.53. The van der Waals surface area contributed by atoms with E-state index in [1.165, 1.54) is 11.1 Å². The van der Waals surface area contributed by atoms with Crippen LogP contribution in [-0.2, 0) is 0 Å². The van der Waals surface area contributed by atoms with Crippen LogP contribution in [0, 0.1) is 0 Å². The summed E-state index contributed by atoms with van der Waals surface area (Å²) in [6, 6.07) is 10.8. The average molecular weight is 284 g/mol. The minimum Gasteiger partial charge on any atom is -0.492 e. The van der Waals surface area contributed by atoms with Gasteiger partial charge in [-0.25, -0.2) is 0 Å². The van der Waals surface area contributed by atoms with Gasteiger partial charge in [0.1, 0.15) is 5.75 Å². The summed E-state index contributed by atoms with van der Waals surface area (Å²) in [5.41, 5.74) is 3.60. The predicted octanol–water partition coefficient (Wildman–Crippen LogP) is 4.21. The van der Waals surface area contributed by atoms with Crippen LogP contribution in [-0.4, -0.2) is 18.1 Å². The Morgan fingerprint density at radius 3 is 2.76 bits per heavy atom. The first-order valence-electron chi connectivity index (χ1n) is 7.66. The Balaban J connectivity index is 2.33. The smallest absolute Gasteiger partial charge is 0.138 e. The van der Waals surface area contributed by atoms with Crippen LogP contribution in [0.3, 0.4) is 0 Å². The number of hydrogen-bond acceptors (Lipinski definition) is 3. The second kappa shape index (κ2) is 7.79. The lowest BCUT2D eigenvalue weighted by Crippen LogP contribution is -2.19. The van der Waals surface area contributed by atoms with E-state index in [0.29, 0.717) is 12.6 Å². The van der Waals surface area contributed by atoms with E-state index in [-0.39, 0.29) is 0 Å². The maximum absolute atomic E-state index is 5.56. The van der Waals surface area contributed by atoms with Gasteiger partial charge in [-0.05, 0) is 44.0 Å². The van der Waals surface area contributed by atoms with Gasteiger partial charge in [0.15, 0.2) is 0 Å². The van der Waals surface area contributed by atoms with Crippen molar-refractivity contribution in [1.29, 1.82) is 0 Å². The minimum atomic E-state index is 0.317. The van der Waals surface area contributed by atoms with E-state index in [0.717, 1.165) is 24.3 Å². The molecule has 1 atom stereocenters. The number of rotatable bonds is 7. The molecule has 2 rings (SSSR count). The fourth-order valence-electron chi connectivity index (χ4n) is 2.42. The molecular formula is C18H24N2O. The van der Waals surface area contributed by atoms with Gasteiger partial charge >= 0.3 is 0 Å². The lowest BCUT2D eigenvalue weighted by molar-refractivity contribution is 0.339. The van der Waals surface area contributed by atoms with E-state index in [2.05, 4.69) is 54.5 Å². The van der Waals surface area contributed by atoms with Gasteiger partial charge in [-0.3, -0.25) is 4.98 Å². The number of nitrogens with zero attached hydrogens (tertiary/aromatic N) is 1. The largest absolute Gasteiger partial charge is 0.492 e. The lowest BCUT2D eigenvalue weighted by Gasteiger charge is -2.18. The zero-order chi connectivity index (χ0) is 15.1. The minimum absolute atomic E-state index is 0.317. The number of benzene rings is 1. The van der Waals surface area contributed by atoms with Gasteiger partial charge in [0.05, 0.1) is 12.8 Å². The molecule has 0 aliphatic heterocycles. The van der Waals surface area contributed by atoms with Crippen molar-refractivity contribution in [3.63, 3.8) is 0 Å². The topological polar surface area (TPSA) is 34.2 Å². The normalized spacial score (nSPS) is 12.1. The van der Waals surface area contributed by atoms with Crippen molar-refractivity contribution in [2.45, 2.75) is 33.2 Å². The summed E-state index contributed by atoms with van der Waals surface area (Å²) >= 11 is 0. The van der Waals surface area contributed by atoms with Gasteiger partial charge in [-0.2, -0.15) is 0 Å². The molecule has 1 aromatic carbocycles. The summed E-state index contributed by atoms with van der Waals surface area (Å²) in [4.78, 5) is 4.30. The van der Waals surface area contributed by atoms with E-state index in [1.54, 1.807) is 6.20 Å². The van der Waals surface area contributed by atoms with E-state index in [1.807, 2.05) is 13.1 Å². The third-order valence-electron chi connectivity index (χ3n) is 3.46. The molecule has 3 heteroatoms. The highest BCUT2D eigenvalue weighted by Crippen LogP contribution is 2.29. The first kappa shape index (κ1) is 15.5. The van der Waals surface area contributed by atoms with Crippen LogP contribution in [0.1, 0.15) is 38.8 Å². The zero-order valence-corrected chi connectivity index (χ0v) is 13.1. The quantitative estimate of drug-likeness (QED) is 0.827. The van der Waals surface area contributed by atoms with Gasteiger partial charge in [-0.1, -0.05) is 31.2 Å². The van der Waals surface area contributed by atoms with E-state index in [9.17, 15) is 0 Å². The third kappa shape index (κ3) is 4.05. The van der Waals surface area contributed by atoms with Crippen LogP contribution >= 0.6 is 0 Å². The first-order valence-corrected chi connectivity index (χ1v) is 7.66. The van der Waals surface area contributed by atoms with Crippen molar-refractivity contribution in [1.82, 2.24) is 10.3 Å². The second-order valence-corrected chi connectivity index (χ2v) is 5.11. The van der Waals surface area contributed by atoms with Gasteiger partial charge in [0, 0.05) is 17.8 Å². The molecule has 0 fully saturated rings. The lowest BCUT2D eigenvalue weighted by atomic mass is 9.96. The van der Waals surface area contributed by atoms with Crippen molar-refractivity contribution < 1.29 is 4.74 Å². The summed E-state index contributed by atoms with van der Waals surface area (Å²) in [7, 11) is 0. The third-order valence-corrected chi connectivity index (χ3v) is 3.46. The number of pyridine rings is 1. The maximum atomic E-state index is 5.56. The molecule has 0 aliphatic carbocycles. The van der Waals surface area contributed by atoms with Gasteiger partial charge in [-0.15, -0.1) is 0 Å². The van der Waals surface area contributed by atoms with Gasteiger partial charge in [0.25, 0.3) is 0 Å². The van der Waals surface area contributed by atoms with Crippen LogP contribution < -0.4 is 10.1 Å². The zero-order valence-electron chi connectivity index (χ0n) is 13.1. The molecule has 0 bridgehead atoms. The molecule has 0 saturated heterocycles. The number of aromatic nitrogens is 1. The highest BCUT2D eigenvalue weighted by molar-refractivity contribution is 5.68. The van der Waals surface area contributed by atoms with E-state index < -0.39 is 0 Å². The van der Waals surface area contributed by atoms with Crippen LogP contribution in [0.5, 0.6) is 5.75 Å². The molecule has 112 valence electrons. The van der Waals surface area contributed by atoms with Crippen molar-refractivity contribution >= 4 is 0 Å². The summed E-state index contributed by atoms with van der Waals surface area (Å²) in [5, 5.41) is 3.55. The van der Waals surface area contributed by atoms with Crippen molar-refractivity contribution in [2.24, 2.45) is 0 Å².